The Bertz CT molecular complexity index is 953. The second-order valence-corrected chi connectivity index (χ2v) is 7.94. The lowest BCUT2D eigenvalue weighted by Crippen LogP contribution is -2.31. The molecule has 1 N–H and O–H groups in total. The molecule has 0 aromatic heterocycles. The van der Waals surface area contributed by atoms with Gasteiger partial charge in [-0.1, -0.05) is 72.8 Å². The van der Waals surface area contributed by atoms with Crippen molar-refractivity contribution in [1.82, 2.24) is 0 Å². The Balaban J connectivity index is 1.95. The third-order valence-corrected chi connectivity index (χ3v) is 6.61. The number of nitrogens with one attached hydrogen (secondary N) is 1. The van der Waals surface area contributed by atoms with Crippen LogP contribution in [0, 0.1) is 0 Å². The zero-order chi connectivity index (χ0) is 16.6. The summed E-state index contributed by atoms with van der Waals surface area (Å²) in [5.74, 6) is 0. The molecule has 1 aliphatic heterocycles. The highest BCUT2D eigenvalue weighted by molar-refractivity contribution is 7.92. The van der Waals surface area contributed by atoms with Crippen molar-refractivity contribution >= 4 is 15.5 Å². The Morgan fingerprint density at radius 3 is 1.88 bits per heavy atom. The van der Waals surface area contributed by atoms with E-state index < -0.39 is 15.1 Å². The van der Waals surface area contributed by atoms with Crippen LogP contribution < -0.4 is 5.32 Å². The Labute approximate surface area is 141 Å². The van der Waals surface area contributed by atoms with Crippen LogP contribution >= 0.6 is 0 Å². The van der Waals surface area contributed by atoms with Crippen LogP contribution in [-0.4, -0.2) is 8.42 Å². The summed E-state index contributed by atoms with van der Waals surface area (Å²) in [7, 11) is -3.50. The number of sulfone groups is 1. The van der Waals surface area contributed by atoms with Crippen LogP contribution in [-0.2, 0) is 9.84 Å². The lowest BCUT2D eigenvalue weighted by atomic mass is 9.97. The Hall–Kier alpha value is -2.59. The van der Waals surface area contributed by atoms with Crippen LogP contribution in [0.15, 0.2) is 89.8 Å². The molecule has 0 saturated heterocycles. The van der Waals surface area contributed by atoms with Crippen LogP contribution in [0.3, 0.4) is 0 Å². The zero-order valence-corrected chi connectivity index (χ0v) is 13.8. The predicted octanol–water partition coefficient (Wildman–Crippen LogP) is 4.37. The molecule has 120 valence electrons. The first-order valence-corrected chi connectivity index (χ1v) is 9.42. The number of benzene rings is 3. The topological polar surface area (TPSA) is 46.2 Å². The average Bonchev–Trinajstić information content (AvgIpc) is 2.63. The summed E-state index contributed by atoms with van der Waals surface area (Å²) in [6.07, 6.45) is 0. The highest BCUT2D eigenvalue weighted by Crippen LogP contribution is 2.47. The van der Waals surface area contributed by atoms with Crippen LogP contribution in [0.1, 0.15) is 22.4 Å². The third kappa shape index (κ3) is 2.39. The van der Waals surface area contributed by atoms with Gasteiger partial charge < -0.3 is 5.32 Å². The first kappa shape index (κ1) is 15.0. The summed E-state index contributed by atoms with van der Waals surface area (Å²) in [6, 6.07) is 26.0. The quantitative estimate of drug-likeness (QED) is 0.756. The van der Waals surface area contributed by atoms with Crippen molar-refractivity contribution in [3.05, 3.63) is 96.1 Å². The minimum Gasteiger partial charge on any atom is -0.375 e. The number of rotatable bonds is 2. The lowest BCUT2D eigenvalue weighted by Gasteiger charge is -2.35. The van der Waals surface area contributed by atoms with E-state index in [0.29, 0.717) is 10.6 Å². The molecular formula is C20H17NO2S. The van der Waals surface area contributed by atoms with Gasteiger partial charge in [0.25, 0.3) is 0 Å². The Morgan fingerprint density at radius 2 is 1.21 bits per heavy atom. The standard InChI is InChI=1S/C20H17NO2S/c22-24(23)18-14-8-7-13-17(18)21-19(15-9-3-1-4-10-15)20(24)16-11-5-2-6-12-16/h1-14,19-21H. The smallest absolute Gasteiger partial charge is 0.189 e. The molecule has 2 atom stereocenters. The van der Waals surface area contributed by atoms with E-state index in [0.717, 1.165) is 11.1 Å². The maximum atomic E-state index is 13.3. The SMILES string of the molecule is O=S1(=O)c2ccccc2NC(c2ccccc2)C1c1ccccc1. The van der Waals surface area contributed by atoms with Gasteiger partial charge in [0.15, 0.2) is 9.84 Å². The fourth-order valence-corrected chi connectivity index (χ4v) is 5.40. The monoisotopic (exact) mass is 335 g/mol. The van der Waals surface area contributed by atoms with E-state index >= 15 is 0 Å². The van der Waals surface area contributed by atoms with E-state index in [1.165, 1.54) is 0 Å². The summed E-state index contributed by atoms with van der Waals surface area (Å²) >= 11 is 0. The first-order valence-electron chi connectivity index (χ1n) is 7.87. The summed E-state index contributed by atoms with van der Waals surface area (Å²) in [5, 5.41) is 2.78. The molecule has 3 aromatic rings. The number of para-hydroxylation sites is 1. The highest BCUT2D eigenvalue weighted by atomic mass is 32.2. The molecule has 0 spiro atoms. The van der Waals surface area contributed by atoms with Crippen molar-refractivity contribution in [1.29, 1.82) is 0 Å². The molecule has 1 aliphatic rings. The van der Waals surface area contributed by atoms with Gasteiger partial charge in [-0.25, -0.2) is 8.42 Å². The summed E-state index contributed by atoms with van der Waals surface area (Å²) in [5.41, 5.74) is 2.43. The van der Waals surface area contributed by atoms with Crippen molar-refractivity contribution in [3.63, 3.8) is 0 Å². The average molecular weight is 335 g/mol. The molecule has 1 heterocycles. The van der Waals surface area contributed by atoms with Crippen molar-refractivity contribution in [2.75, 3.05) is 5.32 Å². The molecule has 2 unspecified atom stereocenters. The molecule has 4 heteroatoms. The predicted molar refractivity (Wildman–Crippen MR) is 95.6 cm³/mol. The largest absolute Gasteiger partial charge is 0.375 e. The minimum absolute atomic E-state index is 0.325. The van der Waals surface area contributed by atoms with E-state index in [4.69, 9.17) is 0 Å². The second-order valence-electron chi connectivity index (χ2n) is 5.91. The number of hydrogen-bond donors (Lipinski definition) is 1. The van der Waals surface area contributed by atoms with Crippen molar-refractivity contribution in [2.24, 2.45) is 0 Å². The highest BCUT2D eigenvalue weighted by Gasteiger charge is 2.42. The molecular weight excluding hydrogens is 318 g/mol. The third-order valence-electron chi connectivity index (χ3n) is 4.43. The number of hydrogen-bond acceptors (Lipinski definition) is 3. The maximum absolute atomic E-state index is 13.3. The number of anilines is 1. The van der Waals surface area contributed by atoms with Crippen molar-refractivity contribution in [3.8, 4) is 0 Å². The normalized spacial score (nSPS) is 21.5. The fraction of sp³-hybridized carbons (Fsp3) is 0.100. The van der Waals surface area contributed by atoms with Gasteiger partial charge in [0.1, 0.15) is 5.25 Å². The second kappa shape index (κ2) is 5.80. The molecule has 0 aliphatic carbocycles. The van der Waals surface area contributed by atoms with E-state index in [1.807, 2.05) is 72.8 Å². The molecule has 3 nitrogen and oxygen atoms in total. The lowest BCUT2D eigenvalue weighted by molar-refractivity contribution is 0.562. The molecule has 3 aromatic carbocycles. The number of fused-ring (bicyclic) bond motifs is 1. The Kier molecular flexibility index (Phi) is 3.62. The van der Waals surface area contributed by atoms with Crippen molar-refractivity contribution in [2.45, 2.75) is 16.2 Å². The van der Waals surface area contributed by atoms with Gasteiger partial charge >= 0.3 is 0 Å². The Morgan fingerprint density at radius 1 is 0.667 bits per heavy atom. The van der Waals surface area contributed by atoms with Crippen LogP contribution in [0.5, 0.6) is 0 Å². The summed E-state index contributed by atoms with van der Waals surface area (Å²) < 4.78 is 26.7. The van der Waals surface area contributed by atoms with Crippen LogP contribution in [0.25, 0.3) is 0 Å². The molecule has 0 radical (unpaired) electrons. The van der Waals surface area contributed by atoms with Gasteiger partial charge in [-0.3, -0.25) is 0 Å². The molecule has 0 fully saturated rings. The van der Waals surface area contributed by atoms with Gasteiger partial charge in [0.05, 0.1) is 16.6 Å². The van der Waals surface area contributed by atoms with E-state index in [-0.39, 0.29) is 6.04 Å². The molecule has 0 bridgehead atoms. The van der Waals surface area contributed by atoms with Crippen molar-refractivity contribution < 1.29 is 8.42 Å². The summed E-state index contributed by atoms with van der Waals surface area (Å²) in [4.78, 5) is 0.367. The van der Waals surface area contributed by atoms with Gasteiger partial charge in [-0.15, -0.1) is 0 Å². The molecule has 0 saturated carbocycles. The van der Waals surface area contributed by atoms with Crippen LogP contribution in [0.4, 0.5) is 5.69 Å². The fourth-order valence-electron chi connectivity index (χ4n) is 3.33. The maximum Gasteiger partial charge on any atom is 0.189 e. The summed E-state index contributed by atoms with van der Waals surface area (Å²) in [6.45, 7) is 0. The zero-order valence-electron chi connectivity index (χ0n) is 13.0. The van der Waals surface area contributed by atoms with Gasteiger partial charge in [0.2, 0.25) is 0 Å². The minimum atomic E-state index is -3.50. The van der Waals surface area contributed by atoms with E-state index in [9.17, 15) is 8.42 Å². The van der Waals surface area contributed by atoms with Gasteiger partial charge in [0, 0.05) is 0 Å². The molecule has 4 rings (SSSR count). The van der Waals surface area contributed by atoms with Gasteiger partial charge in [-0.2, -0.15) is 0 Å². The van der Waals surface area contributed by atoms with Crippen LogP contribution in [0.2, 0.25) is 0 Å². The van der Waals surface area contributed by atoms with E-state index in [1.54, 1.807) is 12.1 Å². The molecule has 24 heavy (non-hydrogen) atoms. The van der Waals surface area contributed by atoms with E-state index in [2.05, 4.69) is 5.32 Å². The first-order chi connectivity index (χ1) is 11.7. The molecule has 0 amide bonds. The van der Waals surface area contributed by atoms with Gasteiger partial charge in [-0.05, 0) is 23.3 Å².